The van der Waals surface area contributed by atoms with Crippen molar-refractivity contribution < 1.29 is 14.8 Å². The highest BCUT2D eigenvalue weighted by Crippen LogP contribution is 2.28. The summed E-state index contributed by atoms with van der Waals surface area (Å²) in [5.74, 6) is 0.120. The summed E-state index contributed by atoms with van der Waals surface area (Å²) in [4.78, 5) is 35.8. The van der Waals surface area contributed by atoms with Gasteiger partial charge in [0.05, 0.1) is 5.39 Å². The molecule has 0 spiro atoms. The molecule has 0 saturated heterocycles. The minimum absolute atomic E-state index is 0.270. The lowest BCUT2D eigenvalue weighted by atomic mass is 10.1. The normalized spacial score (nSPS) is 10.6. The molecule has 0 unspecified atom stereocenters. The number of nitrogens with one attached hydrogen (secondary N) is 5. The summed E-state index contributed by atoms with van der Waals surface area (Å²) in [5, 5.41) is 18.4. The number of carbonyl (C=O) groups is 2. The first-order chi connectivity index (χ1) is 18.1. The van der Waals surface area contributed by atoms with Gasteiger partial charge in [0.15, 0.2) is 0 Å². The van der Waals surface area contributed by atoms with Crippen LogP contribution in [0.5, 0.6) is 0 Å². The molecule has 3 amide bonds. The Hall–Kier alpha value is -5.22. The zero-order chi connectivity index (χ0) is 25.6. The van der Waals surface area contributed by atoms with Crippen LogP contribution in [0.3, 0.4) is 0 Å². The van der Waals surface area contributed by atoms with Crippen LogP contribution in [-0.4, -0.2) is 32.1 Å². The Morgan fingerprint density at radius 3 is 2.19 bits per heavy atom. The molecule has 0 atom stereocenters. The van der Waals surface area contributed by atoms with E-state index in [2.05, 4.69) is 43.0 Å². The van der Waals surface area contributed by atoms with Crippen LogP contribution in [0, 0.1) is 0 Å². The standard InChI is InChI=1S/C27H23N7O3/c35-26(34-37)19-8-12-21(13-9-19)32-27(36)31-20-10-6-18(7-11-20)23-14-22-24(29-16-30-25(22)33-23)28-15-17-4-2-1-3-5-17/h1-14,16,37H,15H2,(H,34,35)(H2,31,32,36)(H2,28,29,30,33). The zero-order valence-corrected chi connectivity index (χ0v) is 19.5. The van der Waals surface area contributed by atoms with Gasteiger partial charge in [0, 0.05) is 29.2 Å². The van der Waals surface area contributed by atoms with Crippen molar-refractivity contribution in [1.82, 2.24) is 20.4 Å². The summed E-state index contributed by atoms with van der Waals surface area (Å²) in [6.07, 6.45) is 1.52. The minimum Gasteiger partial charge on any atom is -0.365 e. The van der Waals surface area contributed by atoms with E-state index < -0.39 is 11.9 Å². The summed E-state index contributed by atoms with van der Waals surface area (Å²) in [6, 6.07) is 25.2. The number of hydroxylamine groups is 1. The average molecular weight is 494 g/mol. The van der Waals surface area contributed by atoms with Gasteiger partial charge in [-0.25, -0.2) is 20.2 Å². The Labute approximate surface area is 211 Å². The lowest BCUT2D eigenvalue weighted by molar-refractivity contribution is 0.0706. The molecule has 2 heterocycles. The van der Waals surface area contributed by atoms with Gasteiger partial charge in [0.1, 0.15) is 17.8 Å². The maximum Gasteiger partial charge on any atom is 0.323 e. The highest BCUT2D eigenvalue weighted by atomic mass is 16.5. The molecule has 0 bridgehead atoms. The minimum atomic E-state index is -0.627. The first-order valence-electron chi connectivity index (χ1n) is 11.4. The fraction of sp³-hybridized carbons (Fsp3) is 0.0370. The third kappa shape index (κ3) is 5.55. The predicted molar refractivity (Wildman–Crippen MR) is 141 cm³/mol. The van der Waals surface area contributed by atoms with Gasteiger partial charge < -0.3 is 20.9 Å². The Morgan fingerprint density at radius 1 is 0.838 bits per heavy atom. The predicted octanol–water partition coefficient (Wildman–Crippen LogP) is 5.00. The molecule has 0 radical (unpaired) electrons. The first kappa shape index (κ1) is 23.5. The van der Waals surface area contributed by atoms with E-state index in [-0.39, 0.29) is 5.56 Å². The second kappa shape index (κ2) is 10.6. The molecule has 0 saturated carbocycles. The SMILES string of the molecule is O=C(Nc1ccc(C(=O)NO)cc1)Nc1ccc(-c2cc3c(NCc4ccccc4)ncnc3[nH]2)cc1. The smallest absolute Gasteiger partial charge is 0.323 e. The molecule has 10 nitrogen and oxygen atoms in total. The van der Waals surface area contributed by atoms with Gasteiger partial charge in [-0.05, 0) is 53.6 Å². The number of hydrogen-bond donors (Lipinski definition) is 6. The quantitative estimate of drug-likeness (QED) is 0.139. The second-order valence-electron chi connectivity index (χ2n) is 8.18. The van der Waals surface area contributed by atoms with Crippen LogP contribution in [0.2, 0.25) is 0 Å². The summed E-state index contributed by atoms with van der Waals surface area (Å²) in [6.45, 7) is 0.651. The van der Waals surface area contributed by atoms with E-state index in [1.165, 1.54) is 18.5 Å². The Morgan fingerprint density at radius 2 is 1.51 bits per heavy atom. The van der Waals surface area contributed by atoms with Crippen molar-refractivity contribution in [3.05, 3.63) is 102 Å². The molecule has 0 fully saturated rings. The summed E-state index contributed by atoms with van der Waals surface area (Å²) in [5.41, 5.74) is 6.63. The lowest BCUT2D eigenvalue weighted by Gasteiger charge is -2.09. The molecule has 37 heavy (non-hydrogen) atoms. The second-order valence-corrected chi connectivity index (χ2v) is 8.18. The zero-order valence-electron chi connectivity index (χ0n) is 19.5. The number of hydrogen-bond acceptors (Lipinski definition) is 6. The molecule has 10 heteroatoms. The van der Waals surface area contributed by atoms with E-state index in [1.807, 2.05) is 36.4 Å². The first-order valence-corrected chi connectivity index (χ1v) is 11.4. The van der Waals surface area contributed by atoms with Crippen molar-refractivity contribution in [3.63, 3.8) is 0 Å². The molecule has 5 aromatic rings. The van der Waals surface area contributed by atoms with Crippen molar-refractivity contribution in [2.24, 2.45) is 0 Å². The van der Waals surface area contributed by atoms with Gasteiger partial charge in [-0.3, -0.25) is 10.0 Å². The fourth-order valence-corrected chi connectivity index (χ4v) is 3.81. The van der Waals surface area contributed by atoms with Crippen molar-refractivity contribution in [1.29, 1.82) is 0 Å². The molecule has 0 aliphatic rings. The monoisotopic (exact) mass is 493 g/mol. The summed E-state index contributed by atoms with van der Waals surface area (Å²) >= 11 is 0. The number of fused-ring (bicyclic) bond motifs is 1. The number of anilines is 3. The molecule has 0 aliphatic heterocycles. The maximum atomic E-state index is 12.4. The van der Waals surface area contributed by atoms with Gasteiger partial charge in [0.2, 0.25) is 0 Å². The number of carbonyl (C=O) groups excluding carboxylic acids is 2. The van der Waals surface area contributed by atoms with Crippen molar-refractivity contribution in [3.8, 4) is 11.3 Å². The Bertz CT molecular complexity index is 1530. The molecular weight excluding hydrogens is 470 g/mol. The van der Waals surface area contributed by atoms with Gasteiger partial charge in [-0.1, -0.05) is 42.5 Å². The van der Waals surface area contributed by atoms with E-state index >= 15 is 0 Å². The van der Waals surface area contributed by atoms with Gasteiger partial charge >= 0.3 is 6.03 Å². The van der Waals surface area contributed by atoms with Crippen molar-refractivity contribution >= 4 is 40.2 Å². The van der Waals surface area contributed by atoms with Crippen LogP contribution < -0.4 is 21.4 Å². The number of nitrogens with zero attached hydrogens (tertiary/aromatic N) is 2. The highest BCUT2D eigenvalue weighted by molar-refractivity contribution is 6.00. The third-order valence-corrected chi connectivity index (χ3v) is 5.69. The number of amides is 3. The number of aromatic nitrogens is 3. The van der Waals surface area contributed by atoms with Gasteiger partial charge in [-0.15, -0.1) is 0 Å². The van der Waals surface area contributed by atoms with E-state index in [0.29, 0.717) is 17.9 Å². The highest BCUT2D eigenvalue weighted by Gasteiger charge is 2.10. The van der Waals surface area contributed by atoms with Crippen molar-refractivity contribution in [2.45, 2.75) is 6.54 Å². The number of benzene rings is 3. The third-order valence-electron chi connectivity index (χ3n) is 5.69. The van der Waals surface area contributed by atoms with Crippen LogP contribution in [-0.2, 0) is 6.54 Å². The van der Waals surface area contributed by atoms with Crippen LogP contribution >= 0.6 is 0 Å². The Kier molecular flexibility index (Phi) is 6.73. The maximum absolute atomic E-state index is 12.4. The van der Waals surface area contributed by atoms with E-state index in [0.717, 1.165) is 33.7 Å². The fourth-order valence-electron chi connectivity index (χ4n) is 3.81. The van der Waals surface area contributed by atoms with Crippen LogP contribution in [0.4, 0.5) is 22.0 Å². The summed E-state index contributed by atoms with van der Waals surface area (Å²) < 4.78 is 0. The molecule has 184 valence electrons. The summed E-state index contributed by atoms with van der Waals surface area (Å²) in [7, 11) is 0. The molecule has 3 aromatic carbocycles. The molecule has 5 rings (SSSR count). The number of rotatable bonds is 7. The average Bonchev–Trinajstić information content (AvgIpc) is 3.38. The van der Waals surface area contributed by atoms with Crippen LogP contribution in [0.25, 0.3) is 22.3 Å². The van der Waals surface area contributed by atoms with Crippen molar-refractivity contribution in [2.75, 3.05) is 16.0 Å². The number of H-pyrrole nitrogens is 1. The van der Waals surface area contributed by atoms with E-state index in [4.69, 9.17) is 5.21 Å². The van der Waals surface area contributed by atoms with Crippen LogP contribution in [0.1, 0.15) is 15.9 Å². The van der Waals surface area contributed by atoms with E-state index in [9.17, 15) is 9.59 Å². The largest absolute Gasteiger partial charge is 0.365 e. The Balaban J connectivity index is 1.24. The van der Waals surface area contributed by atoms with Crippen LogP contribution in [0.15, 0.2) is 91.3 Å². The molecule has 6 N–H and O–H groups in total. The topological polar surface area (TPSA) is 144 Å². The molecular formula is C27H23N7O3. The molecule has 0 aliphatic carbocycles. The van der Waals surface area contributed by atoms with Gasteiger partial charge in [-0.2, -0.15) is 0 Å². The molecule has 2 aromatic heterocycles. The van der Waals surface area contributed by atoms with Gasteiger partial charge in [0.25, 0.3) is 5.91 Å². The number of urea groups is 1. The number of aromatic amines is 1. The lowest BCUT2D eigenvalue weighted by Crippen LogP contribution is -2.20. The van der Waals surface area contributed by atoms with E-state index in [1.54, 1.807) is 29.7 Å².